The molecule has 2 nitrogen and oxygen atoms in total. The Kier molecular flexibility index (Phi) is 9.19. The minimum absolute atomic E-state index is 0.0111. The van der Waals surface area contributed by atoms with Crippen molar-refractivity contribution in [3.05, 3.63) is 235 Å². The molecular formula is C57H46N2. The predicted octanol–water partition coefficient (Wildman–Crippen LogP) is 14.9. The van der Waals surface area contributed by atoms with E-state index < -0.39 is 0 Å². The summed E-state index contributed by atoms with van der Waals surface area (Å²) in [6, 6.07) is 72.9. The van der Waals surface area contributed by atoms with E-state index in [0.717, 1.165) is 11.4 Å². The Morgan fingerprint density at radius 1 is 0.441 bits per heavy atom. The van der Waals surface area contributed by atoms with Crippen LogP contribution in [0.25, 0.3) is 72.1 Å². The van der Waals surface area contributed by atoms with Crippen LogP contribution in [0, 0.1) is 0 Å². The van der Waals surface area contributed by atoms with Gasteiger partial charge in [-0.3, -0.25) is 0 Å². The number of dihydropyridines is 1. The van der Waals surface area contributed by atoms with Gasteiger partial charge >= 0.3 is 0 Å². The molecule has 0 radical (unpaired) electrons. The highest BCUT2D eigenvalue weighted by atomic mass is 15.0. The molecule has 284 valence electrons. The molecule has 0 amide bonds. The summed E-state index contributed by atoms with van der Waals surface area (Å²) < 4.78 is 2.43. The van der Waals surface area contributed by atoms with Gasteiger partial charge in [-0.05, 0) is 103 Å². The summed E-state index contributed by atoms with van der Waals surface area (Å²) in [5.41, 5.74) is 18.3. The molecule has 10 rings (SSSR count). The van der Waals surface area contributed by atoms with Gasteiger partial charge in [0.2, 0.25) is 0 Å². The number of nitrogens with one attached hydrogen (secondary N) is 1. The summed E-state index contributed by atoms with van der Waals surface area (Å²) >= 11 is 0. The first kappa shape index (κ1) is 36.2. The molecular weight excluding hydrogens is 713 g/mol. The predicted molar refractivity (Wildman–Crippen MR) is 251 cm³/mol. The molecule has 2 heteroatoms. The van der Waals surface area contributed by atoms with Crippen molar-refractivity contribution in [2.24, 2.45) is 0 Å². The first-order valence-corrected chi connectivity index (χ1v) is 20.6. The average molecular weight is 759 g/mol. The second-order valence-electron chi connectivity index (χ2n) is 16.7. The van der Waals surface area contributed by atoms with Gasteiger partial charge in [-0.2, -0.15) is 0 Å². The van der Waals surface area contributed by atoms with E-state index in [1.807, 2.05) is 0 Å². The fourth-order valence-electron chi connectivity index (χ4n) is 8.78. The summed E-state index contributed by atoms with van der Waals surface area (Å²) in [7, 11) is 0. The van der Waals surface area contributed by atoms with E-state index in [1.54, 1.807) is 0 Å². The molecule has 1 aliphatic rings. The van der Waals surface area contributed by atoms with Crippen LogP contribution in [0.4, 0.5) is 0 Å². The number of benzene rings is 8. The standard InChI is InChI=1S/C57H46N2/c1-57(2,3)52-23-12-10-21-49(52)43-31-29-41(30-32-43)40-25-27-42(28-26-40)45-33-34-51-50-22-11-13-24-55(50)59(56(51)38-45)48-20-14-19-46(35-48)54-37-47(39-15-6-4-7-16-39)36-53(58-54)44-17-8-5-9-18-44/h4-38,54,58H,1-3H3. The number of fused-ring (bicyclic) bond motifs is 3. The number of nitrogens with zero attached hydrogens (tertiary/aromatic N) is 1. The third-order valence-electron chi connectivity index (χ3n) is 11.8. The van der Waals surface area contributed by atoms with Gasteiger partial charge in [-0.25, -0.2) is 0 Å². The second-order valence-corrected chi connectivity index (χ2v) is 16.7. The zero-order valence-corrected chi connectivity index (χ0v) is 33.7. The summed E-state index contributed by atoms with van der Waals surface area (Å²) in [5.74, 6) is 0. The van der Waals surface area contributed by atoms with E-state index in [1.165, 1.54) is 83.0 Å². The van der Waals surface area contributed by atoms with Crippen LogP contribution in [0.15, 0.2) is 212 Å². The van der Waals surface area contributed by atoms with Gasteiger partial charge in [-0.15, -0.1) is 0 Å². The smallest absolute Gasteiger partial charge is 0.0707 e. The van der Waals surface area contributed by atoms with Gasteiger partial charge in [-0.1, -0.05) is 197 Å². The molecule has 1 unspecified atom stereocenters. The van der Waals surface area contributed by atoms with Gasteiger partial charge in [0.15, 0.2) is 0 Å². The summed E-state index contributed by atoms with van der Waals surface area (Å²) in [6.07, 6.45) is 4.63. The van der Waals surface area contributed by atoms with Crippen molar-refractivity contribution < 1.29 is 0 Å². The lowest BCUT2D eigenvalue weighted by Gasteiger charge is -2.26. The van der Waals surface area contributed by atoms with E-state index in [0.29, 0.717) is 0 Å². The van der Waals surface area contributed by atoms with Crippen molar-refractivity contribution in [3.63, 3.8) is 0 Å². The van der Waals surface area contributed by atoms with E-state index in [4.69, 9.17) is 0 Å². The summed E-state index contributed by atoms with van der Waals surface area (Å²) in [6.45, 7) is 6.85. The highest BCUT2D eigenvalue weighted by molar-refractivity contribution is 6.10. The Morgan fingerprint density at radius 2 is 1.02 bits per heavy atom. The molecule has 1 aromatic heterocycles. The minimum atomic E-state index is -0.0111. The first-order chi connectivity index (χ1) is 28.9. The zero-order chi connectivity index (χ0) is 39.9. The van der Waals surface area contributed by atoms with Crippen molar-refractivity contribution in [2.45, 2.75) is 32.2 Å². The largest absolute Gasteiger partial charge is 0.374 e. The minimum Gasteiger partial charge on any atom is -0.374 e. The summed E-state index contributed by atoms with van der Waals surface area (Å²) in [4.78, 5) is 0. The third kappa shape index (κ3) is 6.98. The van der Waals surface area contributed by atoms with E-state index in [2.05, 4.69) is 243 Å². The van der Waals surface area contributed by atoms with Crippen molar-refractivity contribution in [1.29, 1.82) is 0 Å². The molecule has 9 aromatic rings. The van der Waals surface area contributed by atoms with Crippen LogP contribution < -0.4 is 5.32 Å². The number of hydrogen-bond acceptors (Lipinski definition) is 1. The number of allylic oxidation sites excluding steroid dienone is 2. The van der Waals surface area contributed by atoms with Crippen LogP contribution in [0.2, 0.25) is 0 Å². The molecule has 0 fully saturated rings. The molecule has 1 N–H and O–H groups in total. The van der Waals surface area contributed by atoms with Crippen molar-refractivity contribution in [2.75, 3.05) is 0 Å². The van der Waals surface area contributed by atoms with Gasteiger partial charge in [0.05, 0.1) is 17.1 Å². The zero-order valence-electron chi connectivity index (χ0n) is 33.7. The maximum absolute atomic E-state index is 3.87. The normalized spacial score (nSPS) is 14.2. The lowest BCUT2D eigenvalue weighted by Crippen LogP contribution is -2.22. The van der Waals surface area contributed by atoms with Crippen LogP contribution in [0.5, 0.6) is 0 Å². The molecule has 2 heterocycles. The van der Waals surface area contributed by atoms with Gasteiger partial charge < -0.3 is 9.88 Å². The summed E-state index contributed by atoms with van der Waals surface area (Å²) in [5, 5.41) is 6.37. The van der Waals surface area contributed by atoms with E-state index in [-0.39, 0.29) is 11.5 Å². The van der Waals surface area contributed by atoms with Crippen LogP contribution in [-0.2, 0) is 5.41 Å². The molecule has 0 aliphatic carbocycles. The van der Waals surface area contributed by atoms with Crippen LogP contribution in [-0.4, -0.2) is 4.57 Å². The second kappa shape index (κ2) is 15.0. The third-order valence-corrected chi connectivity index (χ3v) is 11.8. The Balaban J connectivity index is 0.995. The number of aromatic nitrogens is 1. The maximum Gasteiger partial charge on any atom is 0.0707 e. The number of rotatable bonds is 7. The topological polar surface area (TPSA) is 17.0 Å². The van der Waals surface area contributed by atoms with Gasteiger partial charge in [0.1, 0.15) is 0 Å². The van der Waals surface area contributed by atoms with Crippen molar-refractivity contribution in [1.82, 2.24) is 9.88 Å². The lowest BCUT2D eigenvalue weighted by atomic mass is 9.82. The highest BCUT2D eigenvalue weighted by Crippen LogP contribution is 2.38. The van der Waals surface area contributed by atoms with Crippen molar-refractivity contribution >= 4 is 33.1 Å². The highest BCUT2D eigenvalue weighted by Gasteiger charge is 2.21. The Morgan fingerprint density at radius 3 is 1.73 bits per heavy atom. The van der Waals surface area contributed by atoms with Gasteiger partial charge in [0, 0.05) is 22.2 Å². The molecule has 8 aromatic carbocycles. The number of hydrogen-bond donors (Lipinski definition) is 1. The fraction of sp³-hybridized carbons (Fsp3) is 0.0877. The monoisotopic (exact) mass is 758 g/mol. The molecule has 0 spiro atoms. The molecule has 1 aliphatic heterocycles. The molecule has 59 heavy (non-hydrogen) atoms. The lowest BCUT2D eigenvalue weighted by molar-refractivity contribution is 0.592. The molecule has 0 bridgehead atoms. The van der Waals surface area contributed by atoms with Crippen LogP contribution >= 0.6 is 0 Å². The SMILES string of the molecule is CC(C)(C)c1ccccc1-c1ccc(-c2ccc(-c3ccc4c5ccccc5n(-c5cccc(C6C=C(c7ccccc7)C=C(c7ccccc7)N6)c5)c4c3)cc2)cc1. The average Bonchev–Trinajstić information content (AvgIpc) is 3.63. The Bertz CT molecular complexity index is 3010. The Labute approximate surface area is 347 Å². The van der Waals surface area contributed by atoms with Crippen molar-refractivity contribution in [3.8, 4) is 39.1 Å². The quantitative estimate of drug-likeness (QED) is 0.171. The van der Waals surface area contributed by atoms with Crippen LogP contribution in [0.1, 0.15) is 49.1 Å². The molecule has 1 atom stereocenters. The van der Waals surface area contributed by atoms with E-state index >= 15 is 0 Å². The number of para-hydroxylation sites is 1. The van der Waals surface area contributed by atoms with E-state index in [9.17, 15) is 0 Å². The first-order valence-electron chi connectivity index (χ1n) is 20.6. The fourth-order valence-corrected chi connectivity index (χ4v) is 8.78. The maximum atomic E-state index is 3.87. The van der Waals surface area contributed by atoms with Crippen LogP contribution in [0.3, 0.4) is 0 Å². The molecule has 0 saturated carbocycles. The molecule has 0 saturated heterocycles. The Hall–Kier alpha value is -7.16. The van der Waals surface area contributed by atoms with Gasteiger partial charge in [0.25, 0.3) is 0 Å².